The van der Waals surface area contributed by atoms with Crippen LogP contribution in [0.3, 0.4) is 0 Å². The van der Waals surface area contributed by atoms with E-state index in [-0.39, 0.29) is 24.0 Å². The van der Waals surface area contributed by atoms with Crippen LogP contribution in [0.2, 0.25) is 0 Å². The van der Waals surface area contributed by atoms with Crippen molar-refractivity contribution in [1.29, 1.82) is 0 Å². The smallest absolute Gasteiger partial charge is 0.220 e. The summed E-state index contributed by atoms with van der Waals surface area (Å²) in [5.74, 6) is -0.269. The highest BCUT2D eigenvalue weighted by molar-refractivity contribution is 7.94. The Labute approximate surface area is 147 Å². The number of nitrogens with one attached hydrogen (secondary N) is 2. The third kappa shape index (κ3) is 3.49. The minimum Gasteiger partial charge on any atom is -0.358 e. The van der Waals surface area contributed by atoms with E-state index < -0.39 is 9.84 Å². The van der Waals surface area contributed by atoms with E-state index in [0.717, 1.165) is 18.4 Å². The third-order valence-electron chi connectivity index (χ3n) is 5.10. The number of rotatable bonds is 4. The molecule has 2 aromatic rings. The number of sulfone groups is 1. The Kier molecular flexibility index (Phi) is 4.15. The number of hydrogen-bond acceptors (Lipinski definition) is 3. The Morgan fingerprint density at radius 3 is 2.88 bits per heavy atom. The Bertz CT molecular complexity index is 956. The zero-order valence-electron chi connectivity index (χ0n) is 14.0. The first-order valence-corrected chi connectivity index (χ1v) is 10.5. The summed E-state index contributed by atoms with van der Waals surface area (Å²) in [6, 6.07) is 6.28. The molecule has 2 heterocycles. The van der Waals surface area contributed by atoms with Crippen LogP contribution in [0.4, 0.5) is 0 Å². The molecule has 6 heteroatoms. The first-order valence-electron chi connectivity index (χ1n) is 8.80. The fraction of sp³-hybridized carbons (Fsp3) is 0.421. The van der Waals surface area contributed by atoms with Crippen molar-refractivity contribution in [3.63, 3.8) is 0 Å². The summed E-state index contributed by atoms with van der Waals surface area (Å²) in [5.41, 5.74) is 5.03. The van der Waals surface area contributed by atoms with Gasteiger partial charge in [0.05, 0.1) is 5.75 Å². The van der Waals surface area contributed by atoms with Crippen molar-refractivity contribution in [2.24, 2.45) is 5.92 Å². The molecule has 25 heavy (non-hydrogen) atoms. The molecule has 4 rings (SSSR count). The van der Waals surface area contributed by atoms with Gasteiger partial charge in [-0.1, -0.05) is 12.1 Å². The summed E-state index contributed by atoms with van der Waals surface area (Å²) in [6.07, 6.45) is 6.55. The monoisotopic (exact) mass is 358 g/mol. The van der Waals surface area contributed by atoms with E-state index in [9.17, 15) is 13.2 Å². The van der Waals surface area contributed by atoms with Gasteiger partial charge >= 0.3 is 0 Å². The molecular formula is C19H22N2O3S. The maximum atomic E-state index is 12.1. The number of amides is 1. The number of allylic oxidation sites excluding steroid dienone is 1. The fourth-order valence-corrected chi connectivity index (χ4v) is 5.24. The van der Waals surface area contributed by atoms with Crippen LogP contribution in [0.15, 0.2) is 29.7 Å². The van der Waals surface area contributed by atoms with Crippen LogP contribution in [0.25, 0.3) is 10.9 Å². The second-order valence-electron chi connectivity index (χ2n) is 7.07. The minimum absolute atomic E-state index is 0.0435. The predicted molar refractivity (Wildman–Crippen MR) is 97.8 cm³/mol. The molecule has 1 amide bonds. The van der Waals surface area contributed by atoms with Gasteiger partial charge in [-0.15, -0.1) is 0 Å². The second kappa shape index (κ2) is 6.33. The summed E-state index contributed by atoms with van der Waals surface area (Å²) >= 11 is 0. The van der Waals surface area contributed by atoms with E-state index in [1.54, 1.807) is 6.08 Å². The molecule has 0 bridgehead atoms. The summed E-state index contributed by atoms with van der Waals surface area (Å²) in [6.45, 7) is 0.470. The largest absolute Gasteiger partial charge is 0.358 e. The maximum absolute atomic E-state index is 12.1. The predicted octanol–water partition coefficient (Wildman–Crippen LogP) is 2.61. The zero-order chi connectivity index (χ0) is 17.4. The lowest BCUT2D eigenvalue weighted by atomic mass is 9.95. The number of H-pyrrole nitrogens is 1. The second-order valence-corrected chi connectivity index (χ2v) is 9.00. The van der Waals surface area contributed by atoms with Gasteiger partial charge in [0.2, 0.25) is 5.91 Å². The van der Waals surface area contributed by atoms with Crippen molar-refractivity contribution < 1.29 is 13.2 Å². The van der Waals surface area contributed by atoms with Gasteiger partial charge in [-0.25, -0.2) is 8.42 Å². The molecule has 1 aromatic carbocycles. The van der Waals surface area contributed by atoms with Gasteiger partial charge in [-0.05, 0) is 48.9 Å². The van der Waals surface area contributed by atoms with Gasteiger partial charge < -0.3 is 10.3 Å². The highest BCUT2D eigenvalue weighted by atomic mass is 32.2. The first-order chi connectivity index (χ1) is 12.0. The van der Waals surface area contributed by atoms with Crippen molar-refractivity contribution in [3.05, 3.63) is 46.5 Å². The van der Waals surface area contributed by atoms with Gasteiger partial charge in [-0.3, -0.25) is 4.79 Å². The molecule has 1 unspecified atom stereocenters. The van der Waals surface area contributed by atoms with Crippen LogP contribution < -0.4 is 5.32 Å². The normalized spacial score (nSPS) is 21.4. The molecule has 0 saturated heterocycles. The number of carbonyl (C=O) groups is 1. The zero-order valence-corrected chi connectivity index (χ0v) is 14.9. The lowest BCUT2D eigenvalue weighted by molar-refractivity contribution is -0.121. The SMILES string of the molecule is O=C(CC1C=CS(=O)(=O)C1)NCc1ccc2[nH]c3c(c2c1)CCCC3. The van der Waals surface area contributed by atoms with Gasteiger partial charge in [0.1, 0.15) is 0 Å². The van der Waals surface area contributed by atoms with E-state index in [2.05, 4.69) is 22.4 Å². The van der Waals surface area contributed by atoms with Gasteiger partial charge in [-0.2, -0.15) is 0 Å². The van der Waals surface area contributed by atoms with Crippen LogP contribution in [0.5, 0.6) is 0 Å². The number of aromatic nitrogens is 1. The number of carbonyl (C=O) groups excluding carboxylic acids is 1. The Morgan fingerprint density at radius 2 is 2.08 bits per heavy atom. The molecule has 0 radical (unpaired) electrons. The molecule has 0 spiro atoms. The van der Waals surface area contributed by atoms with Crippen molar-refractivity contribution in [2.45, 2.75) is 38.6 Å². The summed E-state index contributed by atoms with van der Waals surface area (Å²) in [7, 11) is -3.10. The summed E-state index contributed by atoms with van der Waals surface area (Å²) in [4.78, 5) is 15.6. The van der Waals surface area contributed by atoms with Gasteiger partial charge in [0.25, 0.3) is 0 Å². The van der Waals surface area contributed by atoms with E-state index >= 15 is 0 Å². The van der Waals surface area contributed by atoms with Crippen LogP contribution in [0.1, 0.15) is 36.1 Å². The average Bonchev–Trinajstić information content (AvgIpc) is 3.12. The number of benzene rings is 1. The fourth-order valence-electron chi connectivity index (χ4n) is 3.84. The Hall–Kier alpha value is -2.08. The Morgan fingerprint density at radius 1 is 1.24 bits per heavy atom. The van der Waals surface area contributed by atoms with Crippen LogP contribution >= 0.6 is 0 Å². The van der Waals surface area contributed by atoms with Crippen LogP contribution in [-0.4, -0.2) is 25.1 Å². The lowest BCUT2D eigenvalue weighted by Gasteiger charge is -2.11. The molecule has 1 aromatic heterocycles. The highest BCUT2D eigenvalue weighted by Crippen LogP contribution is 2.29. The standard InChI is InChI=1S/C19H22N2O3S/c22-19(10-14-7-8-25(23,24)12-14)20-11-13-5-6-18-16(9-13)15-3-1-2-4-17(15)21-18/h5-9,14,21H,1-4,10-12H2,(H,20,22). The molecule has 2 aliphatic rings. The third-order valence-corrected chi connectivity index (χ3v) is 6.57. The van der Waals surface area contributed by atoms with Crippen molar-refractivity contribution in [1.82, 2.24) is 10.3 Å². The van der Waals surface area contributed by atoms with E-state index in [4.69, 9.17) is 0 Å². The summed E-state index contributed by atoms with van der Waals surface area (Å²) < 4.78 is 22.8. The molecule has 1 aliphatic carbocycles. The molecule has 0 saturated carbocycles. The highest BCUT2D eigenvalue weighted by Gasteiger charge is 2.23. The van der Waals surface area contributed by atoms with E-state index in [1.165, 1.54) is 40.4 Å². The maximum Gasteiger partial charge on any atom is 0.220 e. The minimum atomic E-state index is -3.10. The number of aromatic amines is 1. The van der Waals surface area contributed by atoms with E-state index in [0.29, 0.717) is 6.54 Å². The first kappa shape index (κ1) is 16.4. The van der Waals surface area contributed by atoms with Crippen molar-refractivity contribution in [2.75, 3.05) is 5.75 Å². The van der Waals surface area contributed by atoms with Gasteiger partial charge in [0, 0.05) is 40.9 Å². The molecule has 5 nitrogen and oxygen atoms in total. The van der Waals surface area contributed by atoms with Crippen molar-refractivity contribution >= 4 is 26.6 Å². The number of fused-ring (bicyclic) bond motifs is 3. The Balaban J connectivity index is 1.41. The topological polar surface area (TPSA) is 79.0 Å². The lowest BCUT2D eigenvalue weighted by Crippen LogP contribution is -2.25. The van der Waals surface area contributed by atoms with Crippen LogP contribution in [0, 0.1) is 5.92 Å². The van der Waals surface area contributed by atoms with Gasteiger partial charge in [0.15, 0.2) is 9.84 Å². The molecule has 132 valence electrons. The molecule has 1 atom stereocenters. The van der Waals surface area contributed by atoms with E-state index in [1.807, 2.05) is 6.07 Å². The molecular weight excluding hydrogens is 336 g/mol. The molecule has 0 fully saturated rings. The van der Waals surface area contributed by atoms with Crippen LogP contribution in [-0.2, 0) is 34.0 Å². The quantitative estimate of drug-likeness (QED) is 0.882. The van der Waals surface area contributed by atoms with Crippen molar-refractivity contribution in [3.8, 4) is 0 Å². The molecule has 1 aliphatic heterocycles. The average molecular weight is 358 g/mol. The molecule has 2 N–H and O–H groups in total. The summed E-state index contributed by atoms with van der Waals surface area (Å²) in [5, 5.41) is 5.40. The number of hydrogen-bond donors (Lipinski definition) is 2. The number of aryl methyl sites for hydroxylation is 2.